The molecular weight excluding hydrogens is 409 g/mol. The fraction of sp³-hybridized carbons (Fsp3) is 0.400. The zero-order valence-electron chi connectivity index (χ0n) is 18.6. The van der Waals surface area contributed by atoms with Gasteiger partial charge in [-0.25, -0.2) is 4.39 Å². The van der Waals surface area contributed by atoms with Crippen molar-refractivity contribution in [1.82, 2.24) is 15.1 Å². The van der Waals surface area contributed by atoms with Gasteiger partial charge in [-0.3, -0.25) is 14.4 Å². The molecule has 0 spiro atoms. The molecule has 0 aromatic heterocycles. The maximum atomic E-state index is 14.1. The van der Waals surface area contributed by atoms with Gasteiger partial charge in [0.05, 0.1) is 12.5 Å². The number of amides is 3. The second-order valence-electron chi connectivity index (χ2n) is 8.15. The van der Waals surface area contributed by atoms with Crippen LogP contribution in [0.25, 0.3) is 11.1 Å². The lowest BCUT2D eigenvalue weighted by molar-refractivity contribution is -0.135. The zero-order valence-corrected chi connectivity index (χ0v) is 18.6. The Balaban J connectivity index is 1.76. The normalized spacial score (nSPS) is 16.6. The van der Waals surface area contributed by atoms with Crippen LogP contribution in [0.15, 0.2) is 48.5 Å². The van der Waals surface area contributed by atoms with Crippen LogP contribution in [-0.2, 0) is 20.8 Å². The molecule has 1 atom stereocenters. The third kappa shape index (κ3) is 5.93. The lowest BCUT2D eigenvalue weighted by Gasteiger charge is -2.24. The standard InChI is InChI=1S/C25H30FN3O3/c1-3-12-28-13-14-29(24(31)16-27-18(2)30)17-21(25(28)32)15-19-8-10-20(11-9-19)22-6-4-5-7-23(22)26/h4-11,21H,3,12-17H2,1-2H3,(H,27,30)/t21-/m1/s1. The van der Waals surface area contributed by atoms with E-state index < -0.39 is 0 Å². The number of carbonyl (C=O) groups excluding carboxylic acids is 3. The second-order valence-corrected chi connectivity index (χ2v) is 8.15. The average molecular weight is 440 g/mol. The Morgan fingerprint density at radius 3 is 2.47 bits per heavy atom. The molecule has 3 rings (SSSR count). The maximum Gasteiger partial charge on any atom is 0.242 e. The Kier molecular flexibility index (Phi) is 7.98. The first kappa shape index (κ1) is 23.4. The van der Waals surface area contributed by atoms with Crippen LogP contribution in [-0.4, -0.2) is 60.2 Å². The van der Waals surface area contributed by atoms with E-state index in [-0.39, 0.29) is 36.0 Å². The molecule has 7 heteroatoms. The molecule has 0 unspecified atom stereocenters. The fourth-order valence-electron chi connectivity index (χ4n) is 4.03. The monoisotopic (exact) mass is 439 g/mol. The number of halogens is 1. The summed E-state index contributed by atoms with van der Waals surface area (Å²) in [5.74, 6) is -1.05. The van der Waals surface area contributed by atoms with Crippen LogP contribution in [0.1, 0.15) is 25.8 Å². The third-order valence-electron chi connectivity index (χ3n) is 5.70. The van der Waals surface area contributed by atoms with Crippen molar-refractivity contribution < 1.29 is 18.8 Å². The van der Waals surface area contributed by atoms with Gasteiger partial charge < -0.3 is 15.1 Å². The van der Waals surface area contributed by atoms with E-state index in [1.54, 1.807) is 23.1 Å². The van der Waals surface area contributed by atoms with Crippen molar-refractivity contribution in [3.8, 4) is 11.1 Å². The summed E-state index contributed by atoms with van der Waals surface area (Å²) in [7, 11) is 0. The number of rotatable bonds is 7. The highest BCUT2D eigenvalue weighted by Gasteiger charge is 2.32. The molecule has 1 aliphatic heterocycles. The molecule has 1 heterocycles. The molecule has 1 aliphatic rings. The van der Waals surface area contributed by atoms with Gasteiger partial charge in [0.25, 0.3) is 0 Å². The molecular formula is C25H30FN3O3. The smallest absolute Gasteiger partial charge is 0.242 e. The summed E-state index contributed by atoms with van der Waals surface area (Å²) in [6.07, 6.45) is 1.33. The van der Waals surface area contributed by atoms with E-state index in [0.29, 0.717) is 38.2 Å². The van der Waals surface area contributed by atoms with Crippen molar-refractivity contribution >= 4 is 17.7 Å². The lowest BCUT2D eigenvalue weighted by atomic mass is 9.95. The second kappa shape index (κ2) is 10.9. The summed E-state index contributed by atoms with van der Waals surface area (Å²) in [6, 6.07) is 14.2. The quantitative estimate of drug-likeness (QED) is 0.721. The molecule has 3 amide bonds. The van der Waals surface area contributed by atoms with Crippen LogP contribution in [0.5, 0.6) is 0 Å². The van der Waals surface area contributed by atoms with Crippen LogP contribution in [0.4, 0.5) is 4.39 Å². The molecule has 2 aromatic rings. The summed E-state index contributed by atoms with van der Waals surface area (Å²) in [4.78, 5) is 40.4. The summed E-state index contributed by atoms with van der Waals surface area (Å²) < 4.78 is 14.1. The van der Waals surface area contributed by atoms with Crippen LogP contribution in [0.3, 0.4) is 0 Å². The number of carbonyl (C=O) groups is 3. The van der Waals surface area contributed by atoms with Crippen LogP contribution >= 0.6 is 0 Å². The van der Waals surface area contributed by atoms with Gasteiger partial charge in [-0.1, -0.05) is 49.4 Å². The highest BCUT2D eigenvalue weighted by Crippen LogP contribution is 2.24. The minimum atomic E-state index is -0.371. The molecule has 6 nitrogen and oxygen atoms in total. The SMILES string of the molecule is CCCN1CCN(C(=O)CNC(C)=O)C[C@@H](Cc2ccc(-c3ccccc3F)cc2)C1=O. The van der Waals surface area contributed by atoms with E-state index in [9.17, 15) is 18.8 Å². The predicted molar refractivity (Wildman–Crippen MR) is 121 cm³/mol. The predicted octanol–water partition coefficient (Wildman–Crippen LogP) is 2.87. The number of hydrogen-bond donors (Lipinski definition) is 1. The van der Waals surface area contributed by atoms with Crippen molar-refractivity contribution in [2.24, 2.45) is 5.92 Å². The molecule has 1 fully saturated rings. The van der Waals surface area contributed by atoms with Crippen molar-refractivity contribution in [1.29, 1.82) is 0 Å². The number of hydrogen-bond acceptors (Lipinski definition) is 3. The van der Waals surface area contributed by atoms with E-state index in [1.807, 2.05) is 36.1 Å². The number of nitrogens with zero attached hydrogens (tertiary/aromatic N) is 2. The Labute approximate surface area is 188 Å². The Hall–Kier alpha value is -3.22. The number of nitrogens with one attached hydrogen (secondary N) is 1. The van der Waals surface area contributed by atoms with Crippen molar-refractivity contribution in [3.63, 3.8) is 0 Å². The first-order chi connectivity index (χ1) is 15.4. The Morgan fingerprint density at radius 1 is 1.09 bits per heavy atom. The Bertz CT molecular complexity index is 961. The molecule has 32 heavy (non-hydrogen) atoms. The third-order valence-corrected chi connectivity index (χ3v) is 5.70. The van der Waals surface area contributed by atoms with Gasteiger partial charge in [-0.2, -0.15) is 0 Å². The van der Waals surface area contributed by atoms with Gasteiger partial charge in [0.2, 0.25) is 17.7 Å². The molecule has 170 valence electrons. The minimum absolute atomic E-state index is 0.0415. The highest BCUT2D eigenvalue weighted by molar-refractivity contribution is 5.85. The fourth-order valence-corrected chi connectivity index (χ4v) is 4.03. The molecule has 2 aromatic carbocycles. The molecule has 0 saturated carbocycles. The summed E-state index contributed by atoms with van der Waals surface area (Å²) in [5, 5.41) is 2.54. The molecule has 0 radical (unpaired) electrons. The topological polar surface area (TPSA) is 69.7 Å². The van der Waals surface area contributed by atoms with Crippen molar-refractivity contribution in [2.45, 2.75) is 26.7 Å². The highest BCUT2D eigenvalue weighted by atomic mass is 19.1. The zero-order chi connectivity index (χ0) is 23.1. The average Bonchev–Trinajstić information content (AvgIpc) is 2.93. The van der Waals surface area contributed by atoms with E-state index in [0.717, 1.165) is 17.5 Å². The van der Waals surface area contributed by atoms with Gasteiger partial charge in [0.1, 0.15) is 5.82 Å². The van der Waals surface area contributed by atoms with Gasteiger partial charge in [0, 0.05) is 38.7 Å². The van der Waals surface area contributed by atoms with Crippen molar-refractivity contribution in [3.05, 3.63) is 59.9 Å². The minimum Gasteiger partial charge on any atom is -0.347 e. The molecule has 0 bridgehead atoms. The summed E-state index contributed by atoms with van der Waals surface area (Å²) >= 11 is 0. The largest absolute Gasteiger partial charge is 0.347 e. The van der Waals surface area contributed by atoms with Gasteiger partial charge in [-0.05, 0) is 30.0 Å². The molecule has 0 aliphatic carbocycles. The maximum absolute atomic E-state index is 14.1. The summed E-state index contributed by atoms with van der Waals surface area (Å²) in [6.45, 7) is 5.22. The van der Waals surface area contributed by atoms with Crippen molar-refractivity contribution in [2.75, 3.05) is 32.7 Å². The van der Waals surface area contributed by atoms with E-state index in [4.69, 9.17) is 0 Å². The van der Waals surface area contributed by atoms with E-state index in [1.165, 1.54) is 13.0 Å². The lowest BCUT2D eigenvalue weighted by Crippen LogP contribution is -2.42. The van der Waals surface area contributed by atoms with Crippen LogP contribution in [0, 0.1) is 11.7 Å². The number of benzene rings is 2. The molecule has 1 N–H and O–H groups in total. The molecule has 1 saturated heterocycles. The summed E-state index contributed by atoms with van der Waals surface area (Å²) in [5.41, 5.74) is 2.27. The van der Waals surface area contributed by atoms with Gasteiger partial charge in [0.15, 0.2) is 0 Å². The van der Waals surface area contributed by atoms with Crippen LogP contribution in [0.2, 0.25) is 0 Å². The van der Waals surface area contributed by atoms with Crippen LogP contribution < -0.4 is 5.32 Å². The van der Waals surface area contributed by atoms with E-state index in [2.05, 4.69) is 5.32 Å². The van der Waals surface area contributed by atoms with Gasteiger partial charge in [-0.15, -0.1) is 0 Å². The first-order valence-corrected chi connectivity index (χ1v) is 11.0. The first-order valence-electron chi connectivity index (χ1n) is 11.0. The Morgan fingerprint density at radius 2 is 1.81 bits per heavy atom. The van der Waals surface area contributed by atoms with E-state index >= 15 is 0 Å². The van der Waals surface area contributed by atoms with Gasteiger partial charge >= 0.3 is 0 Å².